The van der Waals surface area contributed by atoms with E-state index in [0.717, 1.165) is 48.7 Å². The Hall–Kier alpha value is -2.08. The first kappa shape index (κ1) is 14.5. The molecule has 1 amide bonds. The van der Waals surface area contributed by atoms with Crippen molar-refractivity contribution in [3.05, 3.63) is 24.4 Å². The molecule has 6 heteroatoms. The van der Waals surface area contributed by atoms with Crippen LogP contribution in [-0.4, -0.2) is 51.7 Å². The Kier molecular flexibility index (Phi) is 3.49. The highest BCUT2D eigenvalue weighted by Crippen LogP contribution is 2.31. The van der Waals surface area contributed by atoms with Crippen LogP contribution in [-0.2, 0) is 4.79 Å². The van der Waals surface area contributed by atoms with E-state index in [0.29, 0.717) is 0 Å². The molecule has 6 nitrogen and oxygen atoms in total. The molecule has 1 saturated carbocycles. The van der Waals surface area contributed by atoms with Gasteiger partial charge in [0.2, 0.25) is 5.91 Å². The first-order chi connectivity index (χ1) is 11.1. The second-order valence-corrected chi connectivity index (χ2v) is 6.82. The second kappa shape index (κ2) is 5.53. The number of rotatable bonds is 3. The Morgan fingerprint density at radius 3 is 2.91 bits per heavy atom. The molecule has 23 heavy (non-hydrogen) atoms. The molecular weight excluding hydrogens is 290 g/mol. The lowest BCUT2D eigenvalue weighted by Crippen LogP contribution is -2.52. The fourth-order valence-corrected chi connectivity index (χ4v) is 3.46. The van der Waals surface area contributed by atoms with Crippen molar-refractivity contribution in [1.82, 2.24) is 19.6 Å². The van der Waals surface area contributed by atoms with Crippen LogP contribution in [0.2, 0.25) is 0 Å². The van der Waals surface area contributed by atoms with Gasteiger partial charge < -0.3 is 10.6 Å². The minimum Gasteiger partial charge on any atom is -0.399 e. The van der Waals surface area contributed by atoms with Crippen molar-refractivity contribution in [2.24, 2.45) is 5.92 Å². The van der Waals surface area contributed by atoms with Crippen molar-refractivity contribution in [2.75, 3.05) is 31.9 Å². The summed E-state index contributed by atoms with van der Waals surface area (Å²) in [5.74, 6) is 0.969. The fourth-order valence-electron chi connectivity index (χ4n) is 3.46. The maximum atomic E-state index is 12.0. The monoisotopic (exact) mass is 313 g/mol. The third-order valence-electron chi connectivity index (χ3n) is 4.91. The number of anilines is 1. The Morgan fingerprint density at radius 2 is 2.17 bits per heavy atom. The van der Waals surface area contributed by atoms with Crippen molar-refractivity contribution in [3.63, 3.8) is 0 Å². The van der Waals surface area contributed by atoms with E-state index >= 15 is 0 Å². The topological polar surface area (TPSA) is 67.4 Å². The predicted molar refractivity (Wildman–Crippen MR) is 89.7 cm³/mol. The number of fused-ring (bicyclic) bond motifs is 1. The average molecular weight is 313 g/mol. The number of carbonyl (C=O) groups is 1. The first-order valence-electron chi connectivity index (χ1n) is 8.34. The summed E-state index contributed by atoms with van der Waals surface area (Å²) < 4.78 is 1.94. The summed E-state index contributed by atoms with van der Waals surface area (Å²) in [6.45, 7) is 5.37. The van der Waals surface area contributed by atoms with Crippen LogP contribution >= 0.6 is 0 Å². The van der Waals surface area contributed by atoms with E-state index in [2.05, 4.69) is 10.00 Å². The normalized spacial score (nSPS) is 22.7. The van der Waals surface area contributed by atoms with Crippen LogP contribution in [0.3, 0.4) is 0 Å². The van der Waals surface area contributed by atoms with Crippen molar-refractivity contribution in [3.8, 4) is 0 Å². The second-order valence-electron chi connectivity index (χ2n) is 6.82. The number of aromatic nitrogens is 2. The first-order valence-corrected chi connectivity index (χ1v) is 8.34. The van der Waals surface area contributed by atoms with E-state index in [1.54, 1.807) is 6.92 Å². The molecule has 122 valence electrons. The Bertz CT molecular complexity index is 736. The van der Waals surface area contributed by atoms with Gasteiger partial charge in [0.25, 0.3) is 0 Å². The van der Waals surface area contributed by atoms with Crippen LogP contribution in [0.4, 0.5) is 5.69 Å². The SMILES string of the molecule is CC(=O)N1CCN(CC2CC2)CC1n1cc2cc(N)ccc2n1. The molecule has 2 aromatic rings. The molecule has 4 rings (SSSR count). The van der Waals surface area contributed by atoms with Crippen molar-refractivity contribution in [1.29, 1.82) is 0 Å². The van der Waals surface area contributed by atoms with Gasteiger partial charge in [-0.1, -0.05) is 0 Å². The highest BCUT2D eigenvalue weighted by Gasteiger charge is 2.33. The molecule has 1 atom stereocenters. The molecule has 1 saturated heterocycles. The van der Waals surface area contributed by atoms with Gasteiger partial charge in [-0.3, -0.25) is 9.69 Å². The number of nitrogens with two attached hydrogens (primary N) is 1. The minimum absolute atomic E-state index is 0.0337. The maximum Gasteiger partial charge on any atom is 0.221 e. The fraction of sp³-hybridized carbons (Fsp3) is 0.529. The molecule has 2 heterocycles. The highest BCUT2D eigenvalue weighted by molar-refractivity contribution is 5.81. The summed E-state index contributed by atoms with van der Waals surface area (Å²) >= 11 is 0. The van der Waals surface area contributed by atoms with E-state index < -0.39 is 0 Å². The van der Waals surface area contributed by atoms with Gasteiger partial charge in [-0.2, -0.15) is 5.10 Å². The van der Waals surface area contributed by atoms with Crippen molar-refractivity contribution >= 4 is 22.5 Å². The molecule has 2 fully saturated rings. The lowest BCUT2D eigenvalue weighted by atomic mass is 10.2. The number of nitrogen functional groups attached to an aromatic ring is 1. The maximum absolute atomic E-state index is 12.0. The Labute approximate surface area is 135 Å². The lowest BCUT2D eigenvalue weighted by Gasteiger charge is -2.41. The summed E-state index contributed by atoms with van der Waals surface area (Å²) in [5, 5.41) is 5.70. The number of nitrogens with zero attached hydrogens (tertiary/aromatic N) is 4. The van der Waals surface area contributed by atoms with E-state index in [1.807, 2.05) is 34.0 Å². The molecule has 0 bridgehead atoms. The van der Waals surface area contributed by atoms with Crippen LogP contribution < -0.4 is 5.73 Å². The van der Waals surface area contributed by atoms with Crippen LogP contribution in [0.25, 0.3) is 10.9 Å². The zero-order valence-corrected chi connectivity index (χ0v) is 13.5. The summed E-state index contributed by atoms with van der Waals surface area (Å²) in [7, 11) is 0. The van der Waals surface area contributed by atoms with Gasteiger partial charge in [0.15, 0.2) is 0 Å². The zero-order valence-electron chi connectivity index (χ0n) is 13.5. The minimum atomic E-state index is -0.0337. The molecule has 0 radical (unpaired) electrons. The number of hydrogen-bond acceptors (Lipinski definition) is 4. The zero-order chi connectivity index (χ0) is 16.0. The largest absolute Gasteiger partial charge is 0.399 e. The molecule has 0 spiro atoms. The van der Waals surface area contributed by atoms with Gasteiger partial charge in [0, 0.05) is 50.4 Å². The van der Waals surface area contributed by atoms with E-state index in [1.165, 1.54) is 12.8 Å². The quantitative estimate of drug-likeness (QED) is 0.876. The lowest BCUT2D eigenvalue weighted by molar-refractivity contribution is -0.137. The standard InChI is InChI=1S/C17H23N5O/c1-12(23)21-7-6-20(9-13-2-3-13)11-17(21)22-10-14-8-15(18)4-5-16(14)19-22/h4-5,8,10,13,17H,2-3,6-7,9,11,18H2,1H3. The van der Waals surface area contributed by atoms with Gasteiger partial charge in [-0.25, -0.2) is 4.68 Å². The van der Waals surface area contributed by atoms with Crippen molar-refractivity contribution < 1.29 is 4.79 Å². The summed E-state index contributed by atoms with van der Waals surface area (Å²) in [6.07, 6.45) is 4.67. The molecule has 1 aliphatic heterocycles. The molecular formula is C17H23N5O. The summed E-state index contributed by atoms with van der Waals surface area (Å²) in [6, 6.07) is 5.73. The number of benzene rings is 1. The van der Waals surface area contributed by atoms with Crippen LogP contribution in [0.1, 0.15) is 25.9 Å². The average Bonchev–Trinajstić information content (AvgIpc) is 3.23. The van der Waals surface area contributed by atoms with Gasteiger partial charge >= 0.3 is 0 Å². The summed E-state index contributed by atoms with van der Waals surface area (Å²) in [5.41, 5.74) is 7.52. The van der Waals surface area contributed by atoms with Gasteiger partial charge in [0.05, 0.1) is 5.52 Å². The molecule has 1 aromatic carbocycles. The van der Waals surface area contributed by atoms with E-state index in [9.17, 15) is 4.79 Å². The summed E-state index contributed by atoms with van der Waals surface area (Å²) in [4.78, 5) is 16.4. The molecule has 1 unspecified atom stereocenters. The molecule has 2 aliphatic rings. The van der Waals surface area contributed by atoms with Crippen molar-refractivity contribution in [2.45, 2.75) is 25.9 Å². The molecule has 1 aromatic heterocycles. The highest BCUT2D eigenvalue weighted by atomic mass is 16.2. The molecule has 2 N–H and O–H groups in total. The van der Waals surface area contributed by atoms with Gasteiger partial charge in [-0.05, 0) is 37.0 Å². The van der Waals surface area contributed by atoms with E-state index in [-0.39, 0.29) is 12.1 Å². The van der Waals surface area contributed by atoms with Crippen LogP contribution in [0.5, 0.6) is 0 Å². The Morgan fingerprint density at radius 1 is 1.35 bits per heavy atom. The number of amides is 1. The van der Waals surface area contributed by atoms with Gasteiger partial charge in [-0.15, -0.1) is 0 Å². The van der Waals surface area contributed by atoms with Gasteiger partial charge in [0.1, 0.15) is 6.17 Å². The molecule has 1 aliphatic carbocycles. The van der Waals surface area contributed by atoms with E-state index in [4.69, 9.17) is 5.73 Å². The predicted octanol–water partition coefficient (Wildman–Crippen LogP) is 1.69. The van der Waals surface area contributed by atoms with Crippen LogP contribution in [0.15, 0.2) is 24.4 Å². The van der Waals surface area contributed by atoms with Crippen LogP contribution in [0, 0.1) is 5.92 Å². The third-order valence-corrected chi connectivity index (χ3v) is 4.91. The Balaban J connectivity index is 1.63. The number of piperazine rings is 1. The third kappa shape index (κ3) is 2.91. The smallest absolute Gasteiger partial charge is 0.221 e. The number of carbonyl (C=O) groups excluding carboxylic acids is 1. The number of hydrogen-bond donors (Lipinski definition) is 1.